The molecule has 1 N–H and O–H groups in total. The van der Waals surface area contributed by atoms with Crippen LogP contribution in [0.4, 0.5) is 5.69 Å². The molecule has 0 aliphatic rings. The minimum absolute atomic E-state index is 0.0124. The van der Waals surface area contributed by atoms with Gasteiger partial charge < -0.3 is 9.84 Å². The molecular formula is C11H10N2O7. The Balaban J connectivity index is 3.25. The van der Waals surface area contributed by atoms with E-state index in [4.69, 9.17) is 4.74 Å². The zero-order valence-corrected chi connectivity index (χ0v) is 10.3. The Labute approximate surface area is 112 Å². The number of hydrogen-bond donors (Lipinski definition) is 1. The summed E-state index contributed by atoms with van der Waals surface area (Å²) in [6, 6.07) is 2.03. The third-order valence-electron chi connectivity index (χ3n) is 2.39. The van der Waals surface area contributed by atoms with Gasteiger partial charge in [-0.05, 0) is 6.07 Å². The largest absolute Gasteiger partial charge is 0.502 e. The molecule has 9 nitrogen and oxygen atoms in total. The topological polar surface area (TPSA) is 127 Å². The molecule has 9 heteroatoms. The number of phenolic OH excluding ortho intramolecular Hbond substituents is 1. The van der Waals surface area contributed by atoms with Crippen LogP contribution in [0, 0.1) is 10.1 Å². The monoisotopic (exact) mass is 282 g/mol. The van der Waals surface area contributed by atoms with Crippen molar-refractivity contribution in [3.05, 3.63) is 27.8 Å². The van der Waals surface area contributed by atoms with Crippen LogP contribution >= 0.6 is 0 Å². The first-order valence-corrected chi connectivity index (χ1v) is 5.19. The normalized spacial score (nSPS) is 9.65. The SMILES string of the molecule is COc1cc(C(=O)CN(C=O)C=O)c(O)c([N+](=O)[O-])c1. The second-order valence-corrected chi connectivity index (χ2v) is 3.61. The van der Waals surface area contributed by atoms with Crippen molar-refractivity contribution in [2.45, 2.75) is 0 Å². The van der Waals surface area contributed by atoms with E-state index in [0.29, 0.717) is 4.90 Å². The van der Waals surface area contributed by atoms with Gasteiger partial charge in [0, 0.05) is 0 Å². The lowest BCUT2D eigenvalue weighted by Gasteiger charge is -2.10. The van der Waals surface area contributed by atoms with Gasteiger partial charge in [0.15, 0.2) is 5.78 Å². The standard InChI is InChI=1S/C11H10N2O7/c1-20-7-2-8(10(16)4-12(5-14)6-15)11(17)9(3-7)13(18)19/h2-3,5-6,17H,4H2,1H3. The fraction of sp³-hybridized carbons (Fsp3) is 0.182. The molecule has 0 aliphatic carbocycles. The number of aromatic hydroxyl groups is 1. The fourth-order valence-electron chi connectivity index (χ4n) is 1.41. The fourth-order valence-corrected chi connectivity index (χ4v) is 1.41. The number of amides is 2. The van der Waals surface area contributed by atoms with Crippen LogP contribution in [0.1, 0.15) is 10.4 Å². The number of nitro benzene ring substituents is 1. The molecule has 1 rings (SSSR count). The van der Waals surface area contributed by atoms with E-state index in [1.165, 1.54) is 7.11 Å². The number of carbonyl (C=O) groups is 3. The van der Waals surface area contributed by atoms with Crippen LogP contribution in [0.3, 0.4) is 0 Å². The molecule has 1 aromatic carbocycles. The van der Waals surface area contributed by atoms with Gasteiger partial charge in [0.05, 0.1) is 30.2 Å². The Morgan fingerprint density at radius 2 is 2.05 bits per heavy atom. The molecule has 0 aliphatic heterocycles. The van der Waals surface area contributed by atoms with E-state index < -0.39 is 34.3 Å². The van der Waals surface area contributed by atoms with Crippen LogP contribution in [0.25, 0.3) is 0 Å². The van der Waals surface area contributed by atoms with Gasteiger partial charge in [-0.15, -0.1) is 0 Å². The summed E-state index contributed by atoms with van der Waals surface area (Å²) in [4.78, 5) is 43.1. The molecular weight excluding hydrogens is 272 g/mol. The van der Waals surface area contributed by atoms with Crippen LogP contribution in [0.2, 0.25) is 0 Å². The van der Waals surface area contributed by atoms with Crippen LogP contribution in [0.5, 0.6) is 11.5 Å². The summed E-state index contributed by atoms with van der Waals surface area (Å²) in [5, 5.41) is 20.4. The first kappa shape index (κ1) is 15.1. The van der Waals surface area contributed by atoms with Crippen LogP contribution < -0.4 is 4.74 Å². The minimum Gasteiger partial charge on any atom is -0.502 e. The lowest BCUT2D eigenvalue weighted by Crippen LogP contribution is -2.27. The smallest absolute Gasteiger partial charge is 0.315 e. The lowest BCUT2D eigenvalue weighted by atomic mass is 10.1. The van der Waals surface area contributed by atoms with E-state index >= 15 is 0 Å². The number of ketones is 1. The van der Waals surface area contributed by atoms with Crippen LogP contribution in [0.15, 0.2) is 12.1 Å². The Kier molecular flexibility index (Phi) is 4.73. The maximum absolute atomic E-state index is 11.8. The zero-order valence-electron chi connectivity index (χ0n) is 10.3. The number of phenols is 1. The summed E-state index contributed by atoms with van der Waals surface area (Å²) < 4.78 is 4.79. The average molecular weight is 282 g/mol. The molecule has 20 heavy (non-hydrogen) atoms. The molecule has 106 valence electrons. The van der Waals surface area contributed by atoms with E-state index in [1.54, 1.807) is 0 Å². The van der Waals surface area contributed by atoms with Crippen molar-refractivity contribution in [3.63, 3.8) is 0 Å². The number of ether oxygens (including phenoxy) is 1. The summed E-state index contributed by atoms with van der Waals surface area (Å²) in [5.41, 5.74) is -1.12. The van der Waals surface area contributed by atoms with Crippen molar-refractivity contribution >= 4 is 24.3 Å². The molecule has 1 aromatic rings. The second kappa shape index (κ2) is 6.27. The van der Waals surface area contributed by atoms with Crippen molar-refractivity contribution < 1.29 is 29.2 Å². The molecule has 0 bridgehead atoms. The van der Waals surface area contributed by atoms with Gasteiger partial charge in [-0.25, -0.2) is 0 Å². The van der Waals surface area contributed by atoms with Crippen molar-refractivity contribution in [2.75, 3.05) is 13.7 Å². The van der Waals surface area contributed by atoms with Crippen molar-refractivity contribution in [3.8, 4) is 11.5 Å². The summed E-state index contributed by atoms with van der Waals surface area (Å²) in [6.07, 6.45) is 0.243. The maximum atomic E-state index is 11.8. The zero-order chi connectivity index (χ0) is 15.3. The first-order valence-electron chi connectivity index (χ1n) is 5.19. The number of nitrogens with zero attached hydrogens (tertiary/aromatic N) is 2. The van der Waals surface area contributed by atoms with Crippen molar-refractivity contribution in [2.24, 2.45) is 0 Å². The molecule has 0 heterocycles. The molecule has 0 spiro atoms. The number of carbonyl (C=O) groups excluding carboxylic acids is 3. The summed E-state index contributed by atoms with van der Waals surface area (Å²) in [7, 11) is 1.23. The maximum Gasteiger partial charge on any atom is 0.315 e. The molecule has 0 fully saturated rings. The van der Waals surface area contributed by atoms with E-state index in [-0.39, 0.29) is 18.6 Å². The highest BCUT2D eigenvalue weighted by atomic mass is 16.6. The summed E-state index contributed by atoms with van der Waals surface area (Å²) in [6.45, 7) is -0.648. The number of imide groups is 1. The Bertz CT molecular complexity index is 562. The van der Waals surface area contributed by atoms with Gasteiger partial charge in [0.1, 0.15) is 5.75 Å². The van der Waals surface area contributed by atoms with Crippen LogP contribution in [-0.2, 0) is 9.59 Å². The van der Waals surface area contributed by atoms with E-state index in [0.717, 1.165) is 12.1 Å². The van der Waals surface area contributed by atoms with Gasteiger partial charge in [0.25, 0.3) is 0 Å². The molecule has 0 saturated heterocycles. The van der Waals surface area contributed by atoms with Gasteiger partial charge in [-0.2, -0.15) is 0 Å². The van der Waals surface area contributed by atoms with Crippen molar-refractivity contribution in [1.82, 2.24) is 4.90 Å². The van der Waals surface area contributed by atoms with Gasteiger partial charge >= 0.3 is 5.69 Å². The number of hydrogen-bond acceptors (Lipinski definition) is 7. The van der Waals surface area contributed by atoms with E-state index in [1.807, 2.05) is 0 Å². The molecule has 0 atom stereocenters. The van der Waals surface area contributed by atoms with Crippen LogP contribution in [-0.4, -0.2) is 47.2 Å². The molecule has 0 saturated carbocycles. The highest BCUT2D eigenvalue weighted by molar-refractivity contribution is 6.03. The Morgan fingerprint density at radius 3 is 2.50 bits per heavy atom. The molecule has 0 aromatic heterocycles. The number of rotatable bonds is 7. The second-order valence-electron chi connectivity index (χ2n) is 3.61. The number of benzene rings is 1. The highest BCUT2D eigenvalue weighted by Gasteiger charge is 2.24. The molecule has 0 unspecified atom stereocenters. The Morgan fingerprint density at radius 1 is 1.45 bits per heavy atom. The number of nitro groups is 1. The average Bonchev–Trinajstić information content (AvgIpc) is 2.44. The number of Topliss-reactive ketones (excluding diaryl/α,β-unsaturated/α-hetero) is 1. The third-order valence-corrected chi connectivity index (χ3v) is 2.39. The quantitative estimate of drug-likeness (QED) is 0.325. The summed E-state index contributed by atoms with van der Waals surface area (Å²) in [5.74, 6) is -1.71. The molecule has 0 radical (unpaired) electrons. The van der Waals surface area contributed by atoms with Gasteiger partial charge in [-0.3, -0.25) is 29.4 Å². The predicted octanol–water partition coefficient (Wildman–Crippen LogP) is 0.106. The van der Waals surface area contributed by atoms with Gasteiger partial charge in [-0.1, -0.05) is 0 Å². The molecule has 2 amide bonds. The van der Waals surface area contributed by atoms with Crippen molar-refractivity contribution in [1.29, 1.82) is 0 Å². The minimum atomic E-state index is -0.883. The van der Waals surface area contributed by atoms with E-state index in [9.17, 15) is 29.6 Å². The van der Waals surface area contributed by atoms with Gasteiger partial charge in [0.2, 0.25) is 18.6 Å². The summed E-state index contributed by atoms with van der Waals surface area (Å²) >= 11 is 0. The first-order chi connectivity index (χ1) is 9.44. The van der Waals surface area contributed by atoms with E-state index in [2.05, 4.69) is 0 Å². The third kappa shape index (κ3) is 3.07. The number of methoxy groups -OCH3 is 1. The Hall–Kier alpha value is -2.97. The lowest BCUT2D eigenvalue weighted by molar-refractivity contribution is -0.386. The highest BCUT2D eigenvalue weighted by Crippen LogP contribution is 2.34. The predicted molar refractivity (Wildman–Crippen MR) is 64.5 cm³/mol.